The number of nitrogens with zero attached hydrogens (tertiary/aromatic N) is 1. The minimum absolute atomic E-state index is 0.0356. The van der Waals surface area contributed by atoms with E-state index >= 15 is 0 Å². The number of likely N-dealkylation sites (tertiary alicyclic amines) is 1. The van der Waals surface area contributed by atoms with Gasteiger partial charge in [0.15, 0.2) is 11.9 Å². The summed E-state index contributed by atoms with van der Waals surface area (Å²) in [5.41, 5.74) is 2.56. The van der Waals surface area contributed by atoms with Gasteiger partial charge in [-0.05, 0) is 70.0 Å². The first-order chi connectivity index (χ1) is 13.9. The molecule has 0 bridgehead atoms. The number of hydrogen-bond acceptors (Lipinski definition) is 4. The van der Waals surface area contributed by atoms with Gasteiger partial charge in [-0.25, -0.2) is 0 Å². The second kappa shape index (κ2) is 9.70. The molecule has 29 heavy (non-hydrogen) atoms. The van der Waals surface area contributed by atoms with Crippen LogP contribution in [0, 0.1) is 0 Å². The van der Waals surface area contributed by atoms with Crippen LogP contribution in [-0.2, 0) is 11.3 Å². The number of benzene rings is 2. The Morgan fingerprint density at radius 2 is 1.93 bits per heavy atom. The first-order valence-corrected chi connectivity index (χ1v) is 10.3. The number of amides is 1. The molecule has 1 heterocycles. The highest BCUT2D eigenvalue weighted by Gasteiger charge is 2.18. The van der Waals surface area contributed by atoms with Crippen molar-refractivity contribution < 1.29 is 14.3 Å². The number of hydrogen-bond donors (Lipinski definition) is 1. The van der Waals surface area contributed by atoms with E-state index < -0.39 is 6.10 Å². The zero-order valence-corrected chi connectivity index (χ0v) is 17.5. The van der Waals surface area contributed by atoms with Gasteiger partial charge in [0.2, 0.25) is 0 Å². The third-order valence-corrected chi connectivity index (χ3v) is 5.47. The van der Waals surface area contributed by atoms with Crippen molar-refractivity contribution in [3.05, 3.63) is 59.7 Å². The molecule has 1 amide bonds. The molecule has 0 aliphatic carbocycles. The van der Waals surface area contributed by atoms with Gasteiger partial charge in [-0.3, -0.25) is 14.5 Å². The Balaban J connectivity index is 1.54. The zero-order valence-electron chi connectivity index (χ0n) is 17.5. The summed E-state index contributed by atoms with van der Waals surface area (Å²) >= 11 is 0. The quantitative estimate of drug-likeness (QED) is 0.694. The van der Waals surface area contributed by atoms with Gasteiger partial charge in [0.25, 0.3) is 5.91 Å². The van der Waals surface area contributed by atoms with Crippen molar-refractivity contribution in [2.75, 3.05) is 11.9 Å². The smallest absolute Gasteiger partial charge is 0.265 e. The van der Waals surface area contributed by atoms with Gasteiger partial charge in [-0.15, -0.1) is 0 Å². The van der Waals surface area contributed by atoms with Gasteiger partial charge in [-0.2, -0.15) is 0 Å². The van der Waals surface area contributed by atoms with E-state index in [0.29, 0.717) is 17.4 Å². The fourth-order valence-electron chi connectivity index (χ4n) is 3.61. The molecule has 5 nitrogen and oxygen atoms in total. The molecule has 3 rings (SSSR count). The Morgan fingerprint density at radius 3 is 2.62 bits per heavy atom. The van der Waals surface area contributed by atoms with Crippen LogP contribution < -0.4 is 10.1 Å². The van der Waals surface area contributed by atoms with Crippen LogP contribution in [0.15, 0.2) is 48.5 Å². The topological polar surface area (TPSA) is 58.6 Å². The number of anilines is 1. The lowest BCUT2D eigenvalue weighted by Crippen LogP contribution is -2.36. The van der Waals surface area contributed by atoms with Crippen molar-refractivity contribution in [3.63, 3.8) is 0 Å². The molecule has 2 aromatic carbocycles. The molecule has 2 atom stereocenters. The van der Waals surface area contributed by atoms with Crippen molar-refractivity contribution in [1.82, 2.24) is 4.90 Å². The van der Waals surface area contributed by atoms with Crippen molar-refractivity contribution >= 4 is 17.4 Å². The third kappa shape index (κ3) is 5.91. The number of piperidine rings is 1. The third-order valence-electron chi connectivity index (χ3n) is 5.47. The number of nitrogens with one attached hydrogen (secondary N) is 1. The van der Waals surface area contributed by atoms with Crippen LogP contribution in [0.2, 0.25) is 0 Å². The fourth-order valence-corrected chi connectivity index (χ4v) is 3.61. The van der Waals surface area contributed by atoms with E-state index in [1.165, 1.54) is 31.7 Å². The summed E-state index contributed by atoms with van der Waals surface area (Å²) in [4.78, 5) is 26.5. The Bertz CT molecular complexity index is 847. The standard InChI is InChI=1S/C24H30N2O3/c1-17-7-4-5-14-26(17)16-20-10-12-22(13-11-20)25-24(28)19(3)29-23-9-6-8-21(15-23)18(2)27/h6,8-13,15,17,19H,4-5,7,14,16H2,1-3H3,(H,25,28). The van der Waals surface area contributed by atoms with Crippen LogP contribution >= 0.6 is 0 Å². The van der Waals surface area contributed by atoms with E-state index in [-0.39, 0.29) is 11.7 Å². The lowest BCUT2D eigenvalue weighted by Gasteiger charge is -2.33. The van der Waals surface area contributed by atoms with Gasteiger partial charge >= 0.3 is 0 Å². The minimum Gasteiger partial charge on any atom is -0.481 e. The number of rotatable bonds is 7. The molecule has 2 aromatic rings. The molecule has 1 fully saturated rings. The normalized spacial score (nSPS) is 18.1. The molecule has 0 saturated carbocycles. The fraction of sp³-hybridized carbons (Fsp3) is 0.417. The van der Waals surface area contributed by atoms with E-state index in [1.54, 1.807) is 31.2 Å². The molecule has 0 aromatic heterocycles. The Kier molecular flexibility index (Phi) is 7.04. The average molecular weight is 395 g/mol. The first-order valence-electron chi connectivity index (χ1n) is 10.3. The predicted molar refractivity (Wildman–Crippen MR) is 115 cm³/mol. The summed E-state index contributed by atoms with van der Waals surface area (Å²) in [7, 11) is 0. The molecule has 2 unspecified atom stereocenters. The van der Waals surface area contributed by atoms with Crippen LogP contribution in [0.4, 0.5) is 5.69 Å². The molecule has 1 aliphatic rings. The summed E-state index contributed by atoms with van der Waals surface area (Å²) in [5.74, 6) is 0.244. The average Bonchev–Trinajstić information content (AvgIpc) is 2.71. The zero-order chi connectivity index (χ0) is 20.8. The monoisotopic (exact) mass is 394 g/mol. The van der Waals surface area contributed by atoms with Gasteiger partial charge in [0.1, 0.15) is 5.75 Å². The SMILES string of the molecule is CC(=O)c1cccc(OC(C)C(=O)Nc2ccc(CN3CCCCC3C)cc2)c1. The van der Waals surface area contributed by atoms with Crippen molar-refractivity contribution in [2.24, 2.45) is 0 Å². The van der Waals surface area contributed by atoms with Crippen LogP contribution in [0.3, 0.4) is 0 Å². The highest BCUT2D eigenvalue weighted by atomic mass is 16.5. The maximum Gasteiger partial charge on any atom is 0.265 e. The molecular formula is C24H30N2O3. The van der Waals surface area contributed by atoms with Gasteiger partial charge in [-0.1, -0.05) is 30.7 Å². The number of Topliss-reactive ketones (excluding diaryl/α,β-unsaturated/α-hetero) is 1. The highest BCUT2D eigenvalue weighted by molar-refractivity contribution is 5.95. The number of ether oxygens (including phenoxy) is 1. The summed E-state index contributed by atoms with van der Waals surface area (Å²) in [6.45, 7) is 7.59. The second-order valence-electron chi connectivity index (χ2n) is 7.85. The maximum absolute atomic E-state index is 12.5. The summed E-state index contributed by atoms with van der Waals surface area (Å²) in [6.07, 6.45) is 3.18. The molecule has 154 valence electrons. The summed E-state index contributed by atoms with van der Waals surface area (Å²) < 4.78 is 5.70. The Hall–Kier alpha value is -2.66. The second-order valence-corrected chi connectivity index (χ2v) is 7.85. The van der Waals surface area contributed by atoms with Crippen molar-refractivity contribution in [3.8, 4) is 5.75 Å². The predicted octanol–water partition coefficient (Wildman–Crippen LogP) is 4.67. The lowest BCUT2D eigenvalue weighted by atomic mass is 10.0. The van der Waals surface area contributed by atoms with E-state index in [4.69, 9.17) is 4.74 Å². The summed E-state index contributed by atoms with van der Waals surface area (Å²) in [5, 5.41) is 2.89. The molecule has 1 saturated heterocycles. The van der Waals surface area contributed by atoms with E-state index in [1.807, 2.05) is 12.1 Å². The van der Waals surface area contributed by atoms with Crippen LogP contribution in [0.25, 0.3) is 0 Å². The number of carbonyl (C=O) groups excluding carboxylic acids is 2. The Labute approximate surface area is 173 Å². The number of carbonyl (C=O) groups is 2. The molecule has 0 spiro atoms. The largest absolute Gasteiger partial charge is 0.481 e. The maximum atomic E-state index is 12.5. The van der Waals surface area contributed by atoms with Crippen LogP contribution in [0.5, 0.6) is 5.75 Å². The highest BCUT2D eigenvalue weighted by Crippen LogP contribution is 2.20. The summed E-state index contributed by atoms with van der Waals surface area (Å²) in [6, 6.07) is 15.5. The van der Waals surface area contributed by atoms with E-state index in [9.17, 15) is 9.59 Å². The van der Waals surface area contributed by atoms with Crippen molar-refractivity contribution in [1.29, 1.82) is 0 Å². The first kappa shape index (κ1) is 21.1. The van der Waals surface area contributed by atoms with Gasteiger partial charge in [0, 0.05) is 23.8 Å². The number of ketones is 1. The van der Waals surface area contributed by atoms with Crippen LogP contribution in [0.1, 0.15) is 56.0 Å². The molecule has 1 aliphatic heterocycles. The van der Waals surface area contributed by atoms with Gasteiger partial charge in [0.05, 0.1) is 0 Å². The molecule has 1 N–H and O–H groups in total. The lowest BCUT2D eigenvalue weighted by molar-refractivity contribution is -0.122. The van der Waals surface area contributed by atoms with E-state index in [0.717, 1.165) is 18.8 Å². The van der Waals surface area contributed by atoms with Crippen molar-refractivity contribution in [2.45, 2.75) is 58.7 Å². The molecule has 5 heteroatoms. The molecular weight excluding hydrogens is 364 g/mol. The Morgan fingerprint density at radius 1 is 1.17 bits per heavy atom. The minimum atomic E-state index is -0.675. The van der Waals surface area contributed by atoms with E-state index in [2.05, 4.69) is 29.3 Å². The van der Waals surface area contributed by atoms with Crippen LogP contribution in [-0.4, -0.2) is 35.3 Å². The molecule has 0 radical (unpaired) electrons. The van der Waals surface area contributed by atoms with Gasteiger partial charge < -0.3 is 10.1 Å².